The number of rotatable bonds is 7. The molecule has 0 saturated heterocycles. The molecule has 1 atom stereocenters. The minimum absolute atomic E-state index is 0.0252. The van der Waals surface area contributed by atoms with E-state index < -0.39 is 0 Å². The molecule has 0 aliphatic rings. The topological polar surface area (TPSA) is 58.2 Å². The Morgan fingerprint density at radius 3 is 2.08 bits per heavy atom. The summed E-state index contributed by atoms with van der Waals surface area (Å²) in [6, 6.07) is 15.0. The lowest BCUT2D eigenvalue weighted by Crippen LogP contribution is -2.32. The smallest absolute Gasteiger partial charge is 0.251 e. The molecule has 0 saturated carbocycles. The Balaban J connectivity index is 1.80. The van der Waals surface area contributed by atoms with Crippen LogP contribution in [-0.2, 0) is 4.79 Å². The Morgan fingerprint density at radius 1 is 0.960 bits per heavy atom. The maximum absolute atomic E-state index is 12.1. The summed E-state index contributed by atoms with van der Waals surface area (Å²) in [5.74, 6) is -0.258. The fourth-order valence-corrected chi connectivity index (χ4v) is 2.90. The van der Waals surface area contributed by atoms with Gasteiger partial charge in [-0.05, 0) is 48.4 Å². The molecule has 0 aliphatic heterocycles. The molecule has 0 aromatic heterocycles. The van der Waals surface area contributed by atoms with Crippen LogP contribution in [0.2, 0.25) is 0 Å². The van der Waals surface area contributed by atoms with E-state index in [2.05, 4.69) is 42.5 Å². The van der Waals surface area contributed by atoms with E-state index in [9.17, 15) is 9.59 Å². The van der Waals surface area contributed by atoms with Gasteiger partial charge in [0.1, 0.15) is 0 Å². The average Bonchev–Trinajstić information content (AvgIpc) is 2.61. The molecule has 0 fully saturated rings. The highest BCUT2D eigenvalue weighted by Gasteiger charge is 2.13. The van der Waals surface area contributed by atoms with E-state index in [1.54, 1.807) is 12.1 Å². The highest BCUT2D eigenvalue weighted by molar-refractivity contribution is 9.10. The van der Waals surface area contributed by atoms with Crippen LogP contribution in [-0.4, -0.2) is 18.4 Å². The SMILES string of the molecule is CCC(NC(=O)CCNC(=O)c1ccc(Br)cc1)c1ccc(Br)cc1. The van der Waals surface area contributed by atoms with Gasteiger partial charge in [0.05, 0.1) is 6.04 Å². The van der Waals surface area contributed by atoms with Crippen LogP contribution in [0.5, 0.6) is 0 Å². The second-order valence-electron chi connectivity index (χ2n) is 5.59. The zero-order valence-electron chi connectivity index (χ0n) is 13.9. The minimum Gasteiger partial charge on any atom is -0.352 e. The molecule has 2 aromatic carbocycles. The van der Waals surface area contributed by atoms with E-state index in [4.69, 9.17) is 0 Å². The van der Waals surface area contributed by atoms with Crippen LogP contribution in [0.1, 0.15) is 41.7 Å². The summed E-state index contributed by atoms with van der Waals surface area (Å²) in [4.78, 5) is 24.1. The lowest BCUT2D eigenvalue weighted by Gasteiger charge is -2.17. The Hall–Kier alpha value is -1.66. The molecule has 0 radical (unpaired) electrons. The molecule has 4 nitrogen and oxygen atoms in total. The first-order valence-corrected chi connectivity index (χ1v) is 9.66. The fourth-order valence-electron chi connectivity index (χ4n) is 2.38. The third-order valence-corrected chi connectivity index (χ3v) is 4.82. The number of halogens is 2. The van der Waals surface area contributed by atoms with Gasteiger partial charge in [-0.1, -0.05) is 50.9 Å². The van der Waals surface area contributed by atoms with Crippen LogP contribution >= 0.6 is 31.9 Å². The third-order valence-electron chi connectivity index (χ3n) is 3.76. The van der Waals surface area contributed by atoms with Gasteiger partial charge in [-0.3, -0.25) is 9.59 Å². The maximum Gasteiger partial charge on any atom is 0.251 e. The first-order chi connectivity index (χ1) is 12.0. The lowest BCUT2D eigenvalue weighted by molar-refractivity contribution is -0.121. The van der Waals surface area contributed by atoms with Crippen molar-refractivity contribution in [2.45, 2.75) is 25.8 Å². The Labute approximate surface area is 164 Å². The molecule has 0 aliphatic carbocycles. The van der Waals surface area contributed by atoms with E-state index in [1.165, 1.54) is 0 Å². The van der Waals surface area contributed by atoms with E-state index >= 15 is 0 Å². The normalized spacial score (nSPS) is 11.6. The van der Waals surface area contributed by atoms with Crippen molar-refractivity contribution in [2.75, 3.05) is 6.54 Å². The number of hydrogen-bond donors (Lipinski definition) is 2. The van der Waals surface area contributed by atoms with E-state index in [0.29, 0.717) is 12.1 Å². The van der Waals surface area contributed by atoms with Gasteiger partial charge in [0.15, 0.2) is 0 Å². The number of nitrogens with one attached hydrogen (secondary N) is 2. The molecule has 2 amide bonds. The predicted octanol–water partition coefficient (Wildman–Crippen LogP) is 4.60. The van der Waals surface area contributed by atoms with Crippen molar-refractivity contribution in [1.29, 1.82) is 0 Å². The molecule has 1 unspecified atom stereocenters. The first kappa shape index (κ1) is 19.7. The van der Waals surface area contributed by atoms with Crippen LogP contribution < -0.4 is 10.6 Å². The van der Waals surface area contributed by atoms with Crippen LogP contribution in [0.15, 0.2) is 57.5 Å². The highest BCUT2D eigenvalue weighted by atomic mass is 79.9. The Morgan fingerprint density at radius 2 is 1.52 bits per heavy atom. The predicted molar refractivity (Wildman–Crippen MR) is 106 cm³/mol. The van der Waals surface area contributed by atoms with Crippen molar-refractivity contribution < 1.29 is 9.59 Å². The molecule has 0 heterocycles. The van der Waals surface area contributed by atoms with Gasteiger partial charge in [-0.25, -0.2) is 0 Å². The molecule has 25 heavy (non-hydrogen) atoms. The number of amides is 2. The summed E-state index contributed by atoms with van der Waals surface area (Å²) in [6.45, 7) is 2.33. The summed E-state index contributed by atoms with van der Waals surface area (Å²) in [5.41, 5.74) is 1.64. The quantitative estimate of drug-likeness (QED) is 0.625. The van der Waals surface area contributed by atoms with Crippen molar-refractivity contribution in [3.8, 4) is 0 Å². The highest BCUT2D eigenvalue weighted by Crippen LogP contribution is 2.19. The van der Waals surface area contributed by atoms with Crippen molar-refractivity contribution in [3.05, 3.63) is 68.6 Å². The van der Waals surface area contributed by atoms with Gasteiger partial charge in [0.2, 0.25) is 5.91 Å². The third kappa shape index (κ3) is 6.29. The number of hydrogen-bond acceptors (Lipinski definition) is 2. The van der Waals surface area contributed by atoms with Crippen molar-refractivity contribution in [3.63, 3.8) is 0 Å². The summed E-state index contributed by atoms with van der Waals surface area (Å²) in [7, 11) is 0. The van der Waals surface area contributed by atoms with Crippen LogP contribution in [0.25, 0.3) is 0 Å². The molecule has 0 bridgehead atoms. The zero-order valence-corrected chi connectivity index (χ0v) is 17.1. The molecule has 0 spiro atoms. The zero-order chi connectivity index (χ0) is 18.2. The average molecular weight is 468 g/mol. The Kier molecular flexibility index (Phi) is 7.65. The van der Waals surface area contributed by atoms with Crippen molar-refractivity contribution in [1.82, 2.24) is 10.6 Å². The number of carbonyl (C=O) groups excluding carboxylic acids is 2. The fraction of sp³-hybridized carbons (Fsp3) is 0.263. The van der Waals surface area contributed by atoms with Crippen LogP contribution in [0, 0.1) is 0 Å². The molecular formula is C19H20Br2N2O2. The second kappa shape index (κ2) is 9.73. The first-order valence-electron chi connectivity index (χ1n) is 8.08. The van der Waals surface area contributed by atoms with Gasteiger partial charge in [-0.15, -0.1) is 0 Å². The summed E-state index contributed by atoms with van der Waals surface area (Å²) >= 11 is 6.74. The lowest BCUT2D eigenvalue weighted by atomic mass is 10.0. The maximum atomic E-state index is 12.1. The Bertz CT molecular complexity index is 715. The number of carbonyl (C=O) groups is 2. The van der Waals surface area contributed by atoms with Gasteiger partial charge in [0, 0.05) is 27.5 Å². The van der Waals surface area contributed by atoms with E-state index in [0.717, 1.165) is 20.9 Å². The molecular weight excluding hydrogens is 448 g/mol. The monoisotopic (exact) mass is 466 g/mol. The summed E-state index contributed by atoms with van der Waals surface area (Å²) < 4.78 is 1.93. The van der Waals surface area contributed by atoms with Crippen LogP contribution in [0.3, 0.4) is 0 Å². The van der Waals surface area contributed by atoms with Crippen molar-refractivity contribution in [2.24, 2.45) is 0 Å². The molecule has 132 valence electrons. The standard InChI is InChI=1S/C19H20Br2N2O2/c1-2-17(13-3-7-15(20)8-4-13)23-18(24)11-12-22-19(25)14-5-9-16(21)10-6-14/h3-10,17H,2,11-12H2,1H3,(H,22,25)(H,23,24). The minimum atomic E-state index is -0.180. The molecule has 2 N–H and O–H groups in total. The van der Waals surface area contributed by atoms with Gasteiger partial charge >= 0.3 is 0 Å². The molecule has 2 aromatic rings. The number of benzene rings is 2. The van der Waals surface area contributed by atoms with E-state index in [-0.39, 0.29) is 24.3 Å². The van der Waals surface area contributed by atoms with E-state index in [1.807, 2.05) is 43.3 Å². The largest absolute Gasteiger partial charge is 0.352 e. The summed E-state index contributed by atoms with van der Waals surface area (Å²) in [6.07, 6.45) is 1.05. The molecule has 2 rings (SSSR count). The van der Waals surface area contributed by atoms with Crippen LogP contribution in [0.4, 0.5) is 0 Å². The summed E-state index contributed by atoms with van der Waals surface area (Å²) in [5, 5.41) is 5.78. The van der Waals surface area contributed by atoms with Gasteiger partial charge < -0.3 is 10.6 Å². The van der Waals surface area contributed by atoms with Gasteiger partial charge in [-0.2, -0.15) is 0 Å². The second-order valence-corrected chi connectivity index (χ2v) is 7.42. The van der Waals surface area contributed by atoms with Gasteiger partial charge in [0.25, 0.3) is 5.91 Å². The van der Waals surface area contributed by atoms with Crippen molar-refractivity contribution >= 4 is 43.7 Å². The molecule has 6 heteroatoms.